The van der Waals surface area contributed by atoms with Gasteiger partial charge in [-0.1, -0.05) is 13.0 Å². The average Bonchev–Trinajstić information content (AvgIpc) is 2.64. The zero-order chi connectivity index (χ0) is 12.3. The quantitative estimate of drug-likeness (QED) is 0.832. The Morgan fingerprint density at radius 3 is 2.94 bits per heavy atom. The van der Waals surface area contributed by atoms with Crippen molar-refractivity contribution in [3.63, 3.8) is 0 Å². The topological polar surface area (TPSA) is 50.1 Å². The summed E-state index contributed by atoms with van der Waals surface area (Å²) in [6, 6.07) is 6.20. The lowest BCUT2D eigenvalue weighted by atomic mass is 10.2. The van der Waals surface area contributed by atoms with Crippen LogP contribution >= 0.6 is 0 Å². The molecule has 0 saturated heterocycles. The minimum atomic E-state index is 0.125. The van der Waals surface area contributed by atoms with Gasteiger partial charge in [-0.2, -0.15) is 0 Å². The smallest absolute Gasteiger partial charge is 0.203 e. The van der Waals surface area contributed by atoms with Crippen LogP contribution in [0.1, 0.15) is 18.9 Å². The lowest BCUT2D eigenvalue weighted by Gasteiger charge is -2.08. The molecule has 0 aliphatic heterocycles. The standard InChI is InChI=1S/C13H19N3O/c1-3-6-14-13-15-11-9-10(2)4-5-12(11)16(13)7-8-17/h4-5,9,17H,3,6-8H2,1-2H3,(H,14,15). The summed E-state index contributed by atoms with van der Waals surface area (Å²) in [5, 5.41) is 12.4. The fourth-order valence-corrected chi connectivity index (χ4v) is 1.94. The van der Waals surface area contributed by atoms with E-state index in [-0.39, 0.29) is 6.61 Å². The van der Waals surface area contributed by atoms with E-state index < -0.39 is 0 Å². The van der Waals surface area contributed by atoms with Gasteiger partial charge in [-0.05, 0) is 31.0 Å². The molecule has 0 aliphatic carbocycles. The van der Waals surface area contributed by atoms with Crippen molar-refractivity contribution in [2.75, 3.05) is 18.5 Å². The maximum atomic E-state index is 9.13. The van der Waals surface area contributed by atoms with Crippen molar-refractivity contribution in [2.45, 2.75) is 26.8 Å². The van der Waals surface area contributed by atoms with Crippen LogP contribution in [0.2, 0.25) is 0 Å². The molecule has 4 heteroatoms. The highest BCUT2D eigenvalue weighted by molar-refractivity contribution is 5.79. The molecule has 4 nitrogen and oxygen atoms in total. The Kier molecular flexibility index (Phi) is 3.64. The number of nitrogens with zero attached hydrogens (tertiary/aromatic N) is 2. The Morgan fingerprint density at radius 2 is 2.24 bits per heavy atom. The second kappa shape index (κ2) is 5.19. The Bertz CT molecular complexity index is 505. The van der Waals surface area contributed by atoms with Crippen LogP contribution < -0.4 is 5.32 Å². The molecule has 1 aromatic carbocycles. The highest BCUT2D eigenvalue weighted by atomic mass is 16.3. The average molecular weight is 233 g/mol. The summed E-state index contributed by atoms with van der Waals surface area (Å²) in [6.07, 6.45) is 1.06. The van der Waals surface area contributed by atoms with Crippen LogP contribution in [0.4, 0.5) is 5.95 Å². The maximum absolute atomic E-state index is 9.13. The molecule has 1 aromatic heterocycles. The summed E-state index contributed by atoms with van der Waals surface area (Å²) in [4.78, 5) is 4.57. The summed E-state index contributed by atoms with van der Waals surface area (Å²) in [5.41, 5.74) is 3.26. The first-order chi connectivity index (χ1) is 8.26. The number of hydrogen-bond donors (Lipinski definition) is 2. The van der Waals surface area contributed by atoms with Crippen LogP contribution in [0.25, 0.3) is 11.0 Å². The first-order valence-electron chi connectivity index (χ1n) is 6.08. The van der Waals surface area contributed by atoms with E-state index in [1.807, 2.05) is 4.57 Å². The first-order valence-corrected chi connectivity index (χ1v) is 6.08. The van der Waals surface area contributed by atoms with Gasteiger partial charge in [0.15, 0.2) is 0 Å². The molecule has 0 saturated carbocycles. The normalized spacial score (nSPS) is 11.0. The minimum Gasteiger partial charge on any atom is -0.395 e. The van der Waals surface area contributed by atoms with Crippen LogP contribution in [0.15, 0.2) is 18.2 Å². The number of aliphatic hydroxyl groups excluding tert-OH is 1. The van der Waals surface area contributed by atoms with Crippen LogP contribution in [-0.2, 0) is 6.54 Å². The van der Waals surface area contributed by atoms with Gasteiger partial charge in [0.2, 0.25) is 5.95 Å². The van der Waals surface area contributed by atoms with Gasteiger partial charge in [-0.3, -0.25) is 0 Å². The summed E-state index contributed by atoms with van der Waals surface area (Å²) >= 11 is 0. The number of fused-ring (bicyclic) bond motifs is 1. The molecule has 0 aliphatic rings. The molecule has 92 valence electrons. The van der Waals surface area contributed by atoms with Crippen molar-refractivity contribution in [1.82, 2.24) is 9.55 Å². The van der Waals surface area contributed by atoms with E-state index in [1.165, 1.54) is 5.56 Å². The van der Waals surface area contributed by atoms with Crippen molar-refractivity contribution in [3.05, 3.63) is 23.8 Å². The summed E-state index contributed by atoms with van der Waals surface area (Å²) in [7, 11) is 0. The second-order valence-corrected chi connectivity index (χ2v) is 4.23. The predicted molar refractivity (Wildman–Crippen MR) is 70.3 cm³/mol. The number of aryl methyl sites for hydroxylation is 1. The molecular weight excluding hydrogens is 214 g/mol. The summed E-state index contributed by atoms with van der Waals surface area (Å²) in [5.74, 6) is 0.849. The molecule has 2 rings (SSSR count). The van der Waals surface area contributed by atoms with Crippen LogP contribution in [0, 0.1) is 6.92 Å². The van der Waals surface area contributed by atoms with Crippen LogP contribution in [-0.4, -0.2) is 27.8 Å². The Labute approximate surface area is 101 Å². The van der Waals surface area contributed by atoms with E-state index in [9.17, 15) is 0 Å². The molecule has 0 atom stereocenters. The molecule has 0 unspecified atom stereocenters. The van der Waals surface area contributed by atoms with Gasteiger partial charge in [0, 0.05) is 13.1 Å². The van der Waals surface area contributed by atoms with Gasteiger partial charge in [-0.15, -0.1) is 0 Å². The molecule has 0 fully saturated rings. The molecular formula is C13H19N3O. The van der Waals surface area contributed by atoms with Crippen molar-refractivity contribution >= 4 is 17.0 Å². The van der Waals surface area contributed by atoms with Gasteiger partial charge >= 0.3 is 0 Å². The maximum Gasteiger partial charge on any atom is 0.203 e. The zero-order valence-electron chi connectivity index (χ0n) is 10.4. The van der Waals surface area contributed by atoms with E-state index in [2.05, 4.69) is 42.3 Å². The van der Waals surface area contributed by atoms with Crippen molar-refractivity contribution in [1.29, 1.82) is 0 Å². The number of anilines is 1. The van der Waals surface area contributed by atoms with Crippen LogP contribution in [0.3, 0.4) is 0 Å². The molecule has 0 bridgehead atoms. The number of rotatable bonds is 5. The third-order valence-corrected chi connectivity index (χ3v) is 2.76. The third kappa shape index (κ3) is 2.42. The van der Waals surface area contributed by atoms with Gasteiger partial charge in [0.25, 0.3) is 0 Å². The zero-order valence-corrected chi connectivity index (χ0v) is 10.4. The number of imidazole rings is 1. The number of nitrogens with one attached hydrogen (secondary N) is 1. The Morgan fingerprint density at radius 1 is 1.41 bits per heavy atom. The van der Waals surface area contributed by atoms with E-state index in [4.69, 9.17) is 5.11 Å². The molecule has 2 aromatic rings. The second-order valence-electron chi connectivity index (χ2n) is 4.23. The van der Waals surface area contributed by atoms with E-state index in [0.717, 1.165) is 29.9 Å². The largest absolute Gasteiger partial charge is 0.395 e. The van der Waals surface area contributed by atoms with Gasteiger partial charge < -0.3 is 15.0 Å². The SMILES string of the molecule is CCCNc1nc2cc(C)ccc2n1CCO. The number of benzene rings is 1. The molecule has 1 heterocycles. The monoisotopic (exact) mass is 233 g/mol. The lowest BCUT2D eigenvalue weighted by Crippen LogP contribution is -2.10. The van der Waals surface area contributed by atoms with Gasteiger partial charge in [0.05, 0.1) is 17.6 Å². The Balaban J connectivity index is 2.45. The highest BCUT2D eigenvalue weighted by Gasteiger charge is 2.09. The van der Waals surface area contributed by atoms with Gasteiger partial charge in [-0.25, -0.2) is 4.98 Å². The molecule has 0 radical (unpaired) electrons. The molecule has 17 heavy (non-hydrogen) atoms. The first kappa shape index (κ1) is 11.9. The molecule has 2 N–H and O–H groups in total. The van der Waals surface area contributed by atoms with Crippen molar-refractivity contribution in [3.8, 4) is 0 Å². The Hall–Kier alpha value is -1.55. The van der Waals surface area contributed by atoms with E-state index in [0.29, 0.717) is 6.54 Å². The fourth-order valence-electron chi connectivity index (χ4n) is 1.94. The number of hydrogen-bond acceptors (Lipinski definition) is 3. The molecule has 0 amide bonds. The number of aliphatic hydroxyl groups is 1. The highest BCUT2D eigenvalue weighted by Crippen LogP contribution is 2.20. The predicted octanol–water partition coefficient (Wildman–Crippen LogP) is 2.16. The number of aromatic nitrogens is 2. The third-order valence-electron chi connectivity index (χ3n) is 2.76. The van der Waals surface area contributed by atoms with E-state index in [1.54, 1.807) is 0 Å². The van der Waals surface area contributed by atoms with Gasteiger partial charge in [0.1, 0.15) is 0 Å². The van der Waals surface area contributed by atoms with Crippen LogP contribution in [0.5, 0.6) is 0 Å². The summed E-state index contributed by atoms with van der Waals surface area (Å²) < 4.78 is 2.03. The van der Waals surface area contributed by atoms with E-state index >= 15 is 0 Å². The lowest BCUT2D eigenvalue weighted by molar-refractivity contribution is 0.278. The minimum absolute atomic E-state index is 0.125. The van der Waals surface area contributed by atoms with Crippen molar-refractivity contribution < 1.29 is 5.11 Å². The molecule has 0 spiro atoms. The summed E-state index contributed by atoms with van der Waals surface area (Å²) in [6.45, 7) is 5.78. The fraction of sp³-hybridized carbons (Fsp3) is 0.462. The van der Waals surface area contributed by atoms with Crippen molar-refractivity contribution in [2.24, 2.45) is 0 Å².